The maximum atomic E-state index is 14.2. The molecule has 0 fully saturated rings. The predicted octanol–water partition coefficient (Wildman–Crippen LogP) is 7.53. The van der Waals surface area contributed by atoms with Crippen LogP contribution in [0.2, 0.25) is 0 Å². The van der Waals surface area contributed by atoms with Gasteiger partial charge in [0.15, 0.2) is 0 Å². The Balaban J connectivity index is 1.43. The SMILES string of the molecule is COc1ccccc1CN(CCc1c[nH]c2ccccc12)C(=O)CN(Cc1ccc(F)cc1)C(=O)c1ccc(C(C)(C)C)cc1. The molecule has 6 nitrogen and oxygen atoms in total. The first-order valence-corrected chi connectivity index (χ1v) is 15.2. The number of nitrogens with zero attached hydrogens (tertiary/aromatic N) is 2. The van der Waals surface area contributed by atoms with E-state index in [1.54, 1.807) is 29.0 Å². The number of fused-ring (bicyclic) bond motifs is 1. The number of aromatic amines is 1. The summed E-state index contributed by atoms with van der Waals surface area (Å²) in [5, 5.41) is 1.12. The lowest BCUT2D eigenvalue weighted by molar-refractivity contribution is -0.132. The van der Waals surface area contributed by atoms with Crippen molar-refractivity contribution in [3.63, 3.8) is 0 Å². The van der Waals surface area contributed by atoms with Crippen molar-refractivity contribution >= 4 is 22.7 Å². The maximum Gasteiger partial charge on any atom is 0.254 e. The second-order valence-electron chi connectivity index (χ2n) is 12.4. The molecule has 1 N–H and O–H groups in total. The second kappa shape index (κ2) is 13.8. The van der Waals surface area contributed by atoms with Crippen LogP contribution in [0.1, 0.15) is 53.4 Å². The van der Waals surface area contributed by atoms with Crippen molar-refractivity contribution in [1.29, 1.82) is 0 Å². The molecule has 7 heteroatoms. The Morgan fingerprint density at radius 2 is 1.49 bits per heavy atom. The topological polar surface area (TPSA) is 65.6 Å². The smallest absolute Gasteiger partial charge is 0.254 e. The molecule has 1 aromatic heterocycles. The summed E-state index contributed by atoms with van der Waals surface area (Å²) < 4.78 is 19.3. The van der Waals surface area contributed by atoms with Gasteiger partial charge in [0.05, 0.1) is 7.11 Å². The number of halogens is 1. The number of rotatable bonds is 11. The van der Waals surface area contributed by atoms with Gasteiger partial charge in [0.1, 0.15) is 18.1 Å². The van der Waals surface area contributed by atoms with E-state index in [2.05, 4.69) is 31.8 Å². The van der Waals surface area contributed by atoms with Crippen LogP contribution in [-0.4, -0.2) is 46.8 Å². The number of H-pyrrole nitrogens is 1. The van der Waals surface area contributed by atoms with Gasteiger partial charge in [0, 0.05) is 47.9 Å². The van der Waals surface area contributed by atoms with E-state index in [4.69, 9.17) is 4.74 Å². The van der Waals surface area contributed by atoms with Crippen LogP contribution in [0, 0.1) is 5.82 Å². The first-order valence-electron chi connectivity index (χ1n) is 15.2. The molecule has 45 heavy (non-hydrogen) atoms. The molecule has 0 aliphatic rings. The highest BCUT2D eigenvalue weighted by Crippen LogP contribution is 2.24. The minimum atomic E-state index is -0.356. The third kappa shape index (κ3) is 7.79. The molecular weight excluding hydrogens is 565 g/mol. The van der Waals surface area contributed by atoms with Gasteiger partial charge in [0.2, 0.25) is 5.91 Å². The zero-order valence-electron chi connectivity index (χ0n) is 26.3. The van der Waals surface area contributed by atoms with Crippen molar-refractivity contribution in [3.05, 3.63) is 137 Å². The number of hydrogen-bond acceptors (Lipinski definition) is 3. The van der Waals surface area contributed by atoms with E-state index in [0.717, 1.165) is 33.2 Å². The molecule has 0 saturated carbocycles. The number of nitrogens with one attached hydrogen (secondary N) is 1. The lowest BCUT2D eigenvalue weighted by Crippen LogP contribution is -2.43. The third-order valence-electron chi connectivity index (χ3n) is 8.13. The standard InChI is InChI=1S/C38H40FN3O3/c1-38(2,3)31-17-15-28(16-18-31)37(44)42(24-27-13-19-32(39)20-14-27)26-36(43)41(25-30-9-5-8-12-35(30)45-4)22-21-29-23-40-34-11-7-6-10-33(29)34/h5-20,23,40H,21-22,24-26H2,1-4H3. The molecule has 0 saturated heterocycles. The Kier molecular flexibility index (Phi) is 9.67. The van der Waals surface area contributed by atoms with Crippen LogP contribution in [0.3, 0.4) is 0 Å². The summed E-state index contributed by atoms with van der Waals surface area (Å²) in [4.78, 5) is 34.8. The highest BCUT2D eigenvalue weighted by molar-refractivity contribution is 5.96. The van der Waals surface area contributed by atoms with Gasteiger partial charge in [-0.25, -0.2) is 4.39 Å². The average Bonchev–Trinajstić information content (AvgIpc) is 3.46. The molecule has 0 bridgehead atoms. The summed E-state index contributed by atoms with van der Waals surface area (Å²) in [5.74, 6) is -0.115. The van der Waals surface area contributed by atoms with E-state index in [0.29, 0.717) is 30.8 Å². The van der Waals surface area contributed by atoms with Crippen LogP contribution in [0.25, 0.3) is 10.9 Å². The van der Waals surface area contributed by atoms with Crippen molar-refractivity contribution < 1.29 is 18.7 Å². The number of carbonyl (C=O) groups is 2. The van der Waals surface area contributed by atoms with E-state index < -0.39 is 0 Å². The van der Waals surface area contributed by atoms with E-state index in [9.17, 15) is 14.0 Å². The summed E-state index contributed by atoms with van der Waals surface area (Å²) in [5.41, 5.74) is 5.31. The molecule has 5 aromatic rings. The molecule has 0 atom stereocenters. The maximum absolute atomic E-state index is 14.2. The second-order valence-corrected chi connectivity index (χ2v) is 12.4. The number of ether oxygens (including phenoxy) is 1. The van der Waals surface area contributed by atoms with Gasteiger partial charge in [-0.05, 0) is 64.9 Å². The molecule has 0 spiro atoms. The molecule has 232 valence electrons. The van der Waals surface area contributed by atoms with E-state index >= 15 is 0 Å². The Morgan fingerprint density at radius 3 is 2.20 bits per heavy atom. The summed E-state index contributed by atoms with van der Waals surface area (Å²) >= 11 is 0. The highest BCUT2D eigenvalue weighted by atomic mass is 19.1. The molecule has 5 rings (SSSR count). The highest BCUT2D eigenvalue weighted by Gasteiger charge is 2.25. The van der Waals surface area contributed by atoms with E-state index in [-0.39, 0.29) is 36.1 Å². The molecule has 0 aliphatic heterocycles. The minimum Gasteiger partial charge on any atom is -0.496 e. The predicted molar refractivity (Wildman–Crippen MR) is 177 cm³/mol. The number of amides is 2. The fourth-order valence-corrected chi connectivity index (χ4v) is 5.49. The van der Waals surface area contributed by atoms with Gasteiger partial charge in [-0.15, -0.1) is 0 Å². The summed E-state index contributed by atoms with van der Waals surface area (Å²) in [6.07, 6.45) is 2.62. The zero-order valence-corrected chi connectivity index (χ0v) is 26.3. The summed E-state index contributed by atoms with van der Waals surface area (Å²) in [6.45, 7) is 7.15. The Morgan fingerprint density at radius 1 is 0.800 bits per heavy atom. The molecule has 0 aliphatic carbocycles. The number of hydrogen-bond donors (Lipinski definition) is 1. The summed E-state index contributed by atoms with van der Waals surface area (Å²) in [7, 11) is 1.62. The number of aromatic nitrogens is 1. The van der Waals surface area contributed by atoms with Gasteiger partial charge in [-0.2, -0.15) is 0 Å². The zero-order chi connectivity index (χ0) is 32.0. The van der Waals surface area contributed by atoms with Crippen molar-refractivity contribution in [2.24, 2.45) is 0 Å². The Bertz CT molecular complexity index is 1750. The fourth-order valence-electron chi connectivity index (χ4n) is 5.49. The Hall–Kier alpha value is -4.91. The molecule has 0 unspecified atom stereocenters. The normalized spacial score (nSPS) is 11.4. The van der Waals surface area contributed by atoms with Gasteiger partial charge in [-0.3, -0.25) is 9.59 Å². The van der Waals surface area contributed by atoms with Gasteiger partial charge >= 0.3 is 0 Å². The molecular formula is C38H40FN3O3. The molecule has 1 heterocycles. The quantitative estimate of drug-likeness (QED) is 0.169. The van der Waals surface area contributed by atoms with Gasteiger partial charge < -0.3 is 19.5 Å². The first-order chi connectivity index (χ1) is 21.6. The van der Waals surface area contributed by atoms with Crippen LogP contribution in [0.5, 0.6) is 5.75 Å². The van der Waals surface area contributed by atoms with Crippen molar-refractivity contribution in [2.45, 2.75) is 45.7 Å². The molecule has 2 amide bonds. The minimum absolute atomic E-state index is 0.0604. The van der Waals surface area contributed by atoms with Crippen molar-refractivity contribution in [1.82, 2.24) is 14.8 Å². The Labute approximate surface area is 264 Å². The largest absolute Gasteiger partial charge is 0.496 e. The number of benzene rings is 4. The lowest BCUT2D eigenvalue weighted by Gasteiger charge is -2.29. The number of methoxy groups -OCH3 is 1. The number of carbonyl (C=O) groups excluding carboxylic acids is 2. The molecule has 4 aromatic carbocycles. The van der Waals surface area contributed by atoms with E-state index in [1.165, 1.54) is 12.1 Å². The number of para-hydroxylation sites is 2. The monoisotopic (exact) mass is 605 g/mol. The fraction of sp³-hybridized carbons (Fsp3) is 0.263. The van der Waals surface area contributed by atoms with Crippen LogP contribution in [0.15, 0.2) is 103 Å². The van der Waals surface area contributed by atoms with Crippen LogP contribution in [-0.2, 0) is 29.7 Å². The average molecular weight is 606 g/mol. The van der Waals surface area contributed by atoms with Crippen molar-refractivity contribution in [2.75, 3.05) is 20.2 Å². The lowest BCUT2D eigenvalue weighted by atomic mass is 9.86. The van der Waals surface area contributed by atoms with Crippen molar-refractivity contribution in [3.8, 4) is 5.75 Å². The van der Waals surface area contributed by atoms with E-state index in [1.807, 2.05) is 72.9 Å². The third-order valence-corrected chi connectivity index (χ3v) is 8.13. The van der Waals surface area contributed by atoms with Gasteiger partial charge in [0.25, 0.3) is 5.91 Å². The van der Waals surface area contributed by atoms with Crippen LogP contribution >= 0.6 is 0 Å². The van der Waals surface area contributed by atoms with Crippen LogP contribution < -0.4 is 4.74 Å². The summed E-state index contributed by atoms with van der Waals surface area (Å²) in [6, 6.07) is 29.3. The van der Waals surface area contributed by atoms with Gasteiger partial charge in [-0.1, -0.05) is 81.4 Å². The molecule has 0 radical (unpaired) electrons. The first kappa shape index (κ1) is 31.5. The van der Waals surface area contributed by atoms with Crippen LogP contribution in [0.4, 0.5) is 4.39 Å².